The first-order valence-electron chi connectivity index (χ1n) is 12.1. The predicted molar refractivity (Wildman–Crippen MR) is 137 cm³/mol. The lowest BCUT2D eigenvalue weighted by Gasteiger charge is -2.09. The molecular formula is C29H29ClF2N2O. The van der Waals surface area contributed by atoms with Gasteiger partial charge in [0.25, 0.3) is 0 Å². The number of fused-ring (bicyclic) bond motifs is 1. The van der Waals surface area contributed by atoms with Crippen molar-refractivity contribution in [1.82, 2.24) is 9.97 Å². The molecule has 0 bridgehead atoms. The monoisotopic (exact) mass is 494 g/mol. The number of aromatic nitrogens is 2. The number of hydrogen-bond donors (Lipinski definition) is 0. The van der Waals surface area contributed by atoms with E-state index in [1.807, 2.05) is 30.3 Å². The molecule has 35 heavy (non-hydrogen) atoms. The molecule has 0 N–H and O–H groups in total. The van der Waals surface area contributed by atoms with E-state index in [0.717, 1.165) is 48.0 Å². The van der Waals surface area contributed by atoms with Crippen molar-refractivity contribution in [1.29, 1.82) is 0 Å². The van der Waals surface area contributed by atoms with Gasteiger partial charge in [-0.15, -0.1) is 0 Å². The van der Waals surface area contributed by atoms with Crippen LogP contribution in [0.25, 0.3) is 10.8 Å². The van der Waals surface area contributed by atoms with Gasteiger partial charge in [-0.05, 0) is 59.9 Å². The van der Waals surface area contributed by atoms with E-state index >= 15 is 4.39 Å². The van der Waals surface area contributed by atoms with Gasteiger partial charge in [-0.1, -0.05) is 67.8 Å². The number of benzene rings is 3. The summed E-state index contributed by atoms with van der Waals surface area (Å²) in [6, 6.07) is 14.3. The molecule has 0 radical (unpaired) electrons. The summed E-state index contributed by atoms with van der Waals surface area (Å²) >= 11 is 5.74. The molecule has 0 saturated heterocycles. The molecule has 0 aliphatic rings. The van der Waals surface area contributed by atoms with Crippen molar-refractivity contribution in [3.63, 3.8) is 0 Å². The fourth-order valence-electron chi connectivity index (χ4n) is 4.05. The van der Waals surface area contributed by atoms with Crippen molar-refractivity contribution < 1.29 is 13.5 Å². The second-order valence-electron chi connectivity index (χ2n) is 8.73. The molecule has 0 saturated carbocycles. The van der Waals surface area contributed by atoms with Gasteiger partial charge in [0.15, 0.2) is 5.75 Å². The Morgan fingerprint density at radius 2 is 1.57 bits per heavy atom. The highest BCUT2D eigenvalue weighted by atomic mass is 35.5. The maximum absolute atomic E-state index is 15.1. The number of hydrogen-bond acceptors (Lipinski definition) is 3. The van der Waals surface area contributed by atoms with E-state index in [-0.39, 0.29) is 10.8 Å². The maximum atomic E-state index is 15.1. The summed E-state index contributed by atoms with van der Waals surface area (Å²) in [7, 11) is 0. The third kappa shape index (κ3) is 6.76. The summed E-state index contributed by atoms with van der Waals surface area (Å²) in [6.45, 7) is 2.85. The minimum absolute atomic E-state index is 0.0943. The molecule has 0 spiro atoms. The molecule has 182 valence electrons. The van der Waals surface area contributed by atoms with Crippen molar-refractivity contribution in [2.45, 2.75) is 51.9 Å². The second kappa shape index (κ2) is 12.1. The van der Waals surface area contributed by atoms with Crippen LogP contribution >= 0.6 is 11.6 Å². The van der Waals surface area contributed by atoms with Gasteiger partial charge >= 0.3 is 0 Å². The van der Waals surface area contributed by atoms with Crippen molar-refractivity contribution >= 4 is 22.4 Å². The molecule has 3 aromatic carbocycles. The van der Waals surface area contributed by atoms with E-state index in [1.165, 1.54) is 12.1 Å². The maximum Gasteiger partial charge on any atom is 0.155 e. The summed E-state index contributed by atoms with van der Waals surface area (Å²) < 4.78 is 34.5. The van der Waals surface area contributed by atoms with Gasteiger partial charge in [-0.2, -0.15) is 0 Å². The molecule has 4 aromatic rings. The Bertz CT molecular complexity index is 1280. The lowest BCUT2D eigenvalue weighted by molar-refractivity contribution is 0.303. The number of rotatable bonds is 11. The minimum Gasteiger partial charge on any atom is -0.490 e. The van der Waals surface area contributed by atoms with E-state index in [0.29, 0.717) is 42.6 Å². The smallest absolute Gasteiger partial charge is 0.155 e. The SMILES string of the molecule is CCCCCOc1cnc(CCc2ccc3c(F)c(CCc4ccc(Cl)c(F)c4)ccc3c2)nc1. The lowest BCUT2D eigenvalue weighted by Crippen LogP contribution is -2.01. The van der Waals surface area contributed by atoms with Gasteiger partial charge < -0.3 is 4.74 Å². The van der Waals surface area contributed by atoms with Crippen LogP contribution in [0.2, 0.25) is 5.02 Å². The van der Waals surface area contributed by atoms with Crippen LogP contribution in [0.4, 0.5) is 8.78 Å². The molecule has 6 heteroatoms. The van der Waals surface area contributed by atoms with Crippen molar-refractivity contribution in [2.24, 2.45) is 0 Å². The summed E-state index contributed by atoms with van der Waals surface area (Å²) in [4.78, 5) is 8.82. The topological polar surface area (TPSA) is 35.0 Å². The van der Waals surface area contributed by atoms with Crippen molar-refractivity contribution in [3.8, 4) is 5.75 Å². The number of halogens is 3. The molecule has 0 amide bonds. The fourth-order valence-corrected chi connectivity index (χ4v) is 4.17. The van der Waals surface area contributed by atoms with Crippen LogP contribution in [-0.4, -0.2) is 16.6 Å². The quantitative estimate of drug-likeness (QED) is 0.200. The van der Waals surface area contributed by atoms with Crippen LogP contribution in [0.15, 0.2) is 60.9 Å². The average molecular weight is 495 g/mol. The Labute approximate surface area is 210 Å². The zero-order chi connectivity index (χ0) is 24.6. The molecule has 0 aliphatic heterocycles. The molecule has 0 unspecified atom stereocenters. The molecule has 1 heterocycles. The largest absolute Gasteiger partial charge is 0.490 e. The summed E-state index contributed by atoms with van der Waals surface area (Å²) in [5.74, 6) is 0.781. The zero-order valence-corrected chi connectivity index (χ0v) is 20.6. The third-order valence-electron chi connectivity index (χ3n) is 6.10. The Hall–Kier alpha value is -3.05. The molecule has 0 aliphatic carbocycles. The zero-order valence-electron chi connectivity index (χ0n) is 19.9. The Balaban J connectivity index is 1.35. The first-order chi connectivity index (χ1) is 17.0. The Morgan fingerprint density at radius 1 is 0.829 bits per heavy atom. The first kappa shape index (κ1) is 25.1. The number of ether oxygens (including phenoxy) is 1. The Morgan fingerprint density at radius 3 is 2.34 bits per heavy atom. The third-order valence-corrected chi connectivity index (χ3v) is 6.41. The van der Waals surface area contributed by atoms with Crippen LogP contribution in [0.1, 0.15) is 48.7 Å². The van der Waals surface area contributed by atoms with E-state index < -0.39 is 5.82 Å². The van der Waals surface area contributed by atoms with E-state index in [2.05, 4.69) is 16.9 Å². The fraction of sp³-hybridized carbons (Fsp3) is 0.310. The molecule has 0 atom stereocenters. The average Bonchev–Trinajstić information content (AvgIpc) is 2.87. The number of unbranched alkanes of at least 4 members (excludes halogenated alkanes) is 2. The van der Waals surface area contributed by atoms with Gasteiger partial charge in [0.2, 0.25) is 0 Å². The predicted octanol–water partition coefficient (Wildman–Crippen LogP) is 7.70. The highest BCUT2D eigenvalue weighted by molar-refractivity contribution is 6.30. The normalized spacial score (nSPS) is 11.2. The van der Waals surface area contributed by atoms with E-state index in [4.69, 9.17) is 16.3 Å². The van der Waals surface area contributed by atoms with Crippen LogP contribution < -0.4 is 4.74 Å². The van der Waals surface area contributed by atoms with Gasteiger partial charge in [0.1, 0.15) is 17.5 Å². The number of aryl methyl sites for hydroxylation is 4. The highest BCUT2D eigenvalue weighted by Crippen LogP contribution is 2.25. The highest BCUT2D eigenvalue weighted by Gasteiger charge is 2.10. The van der Waals surface area contributed by atoms with Gasteiger partial charge in [-0.25, -0.2) is 18.7 Å². The summed E-state index contributed by atoms with van der Waals surface area (Å²) in [5, 5.41) is 1.55. The van der Waals surface area contributed by atoms with Crippen molar-refractivity contribution in [3.05, 3.63) is 100 Å². The molecular weight excluding hydrogens is 466 g/mol. The van der Waals surface area contributed by atoms with Crippen LogP contribution in [-0.2, 0) is 25.7 Å². The van der Waals surface area contributed by atoms with Crippen molar-refractivity contribution in [2.75, 3.05) is 6.61 Å². The van der Waals surface area contributed by atoms with Gasteiger partial charge in [-0.3, -0.25) is 0 Å². The minimum atomic E-state index is -0.451. The summed E-state index contributed by atoms with van der Waals surface area (Å²) in [6.07, 6.45) is 9.28. The molecule has 4 rings (SSSR count). The van der Waals surface area contributed by atoms with E-state index in [1.54, 1.807) is 18.5 Å². The lowest BCUT2D eigenvalue weighted by atomic mass is 9.98. The number of nitrogens with zero attached hydrogens (tertiary/aromatic N) is 2. The van der Waals surface area contributed by atoms with Crippen LogP contribution in [0.5, 0.6) is 5.75 Å². The Kier molecular flexibility index (Phi) is 8.64. The van der Waals surface area contributed by atoms with E-state index in [9.17, 15) is 4.39 Å². The van der Waals surface area contributed by atoms with Crippen LogP contribution in [0, 0.1) is 11.6 Å². The molecule has 3 nitrogen and oxygen atoms in total. The van der Waals surface area contributed by atoms with Gasteiger partial charge in [0, 0.05) is 11.8 Å². The molecule has 1 aromatic heterocycles. The summed E-state index contributed by atoms with van der Waals surface area (Å²) in [5.41, 5.74) is 2.51. The standard InChI is InChI=1S/C29H29ClF2N2O/c1-2-3-4-15-35-24-18-33-28(34-19-24)14-8-20-6-12-25-23(16-20)11-10-22(29(25)32)9-5-21-7-13-26(30)27(31)17-21/h6-7,10-13,16-19H,2-5,8-9,14-15H2,1H3. The van der Waals surface area contributed by atoms with Crippen LogP contribution in [0.3, 0.4) is 0 Å². The molecule has 0 fully saturated rings. The first-order valence-corrected chi connectivity index (χ1v) is 12.5. The second-order valence-corrected chi connectivity index (χ2v) is 9.14. The van der Waals surface area contributed by atoms with Gasteiger partial charge in [0.05, 0.1) is 24.0 Å².